The van der Waals surface area contributed by atoms with E-state index in [2.05, 4.69) is 4.90 Å². The molecule has 1 aliphatic carbocycles. The van der Waals surface area contributed by atoms with Gasteiger partial charge in [0.05, 0.1) is 11.6 Å². The van der Waals surface area contributed by atoms with Crippen molar-refractivity contribution >= 4 is 17.4 Å². The number of halogens is 4. The van der Waals surface area contributed by atoms with Crippen LogP contribution in [0.4, 0.5) is 23.2 Å². The fourth-order valence-electron chi connectivity index (χ4n) is 4.44. The second-order valence-electron chi connectivity index (χ2n) is 7.80. The van der Waals surface area contributed by atoms with Crippen molar-refractivity contribution in [3.63, 3.8) is 0 Å². The van der Waals surface area contributed by atoms with E-state index < -0.39 is 23.3 Å². The van der Waals surface area contributed by atoms with E-state index >= 15 is 0 Å². The lowest BCUT2D eigenvalue weighted by Gasteiger charge is -2.29. The van der Waals surface area contributed by atoms with Gasteiger partial charge in [0, 0.05) is 33.9 Å². The molecule has 2 aliphatic rings. The highest BCUT2D eigenvalue weighted by molar-refractivity contribution is 8.03. The zero-order valence-electron chi connectivity index (χ0n) is 16.6. The van der Waals surface area contributed by atoms with Gasteiger partial charge in [0.2, 0.25) is 0 Å². The number of para-hydroxylation sites is 1. The predicted octanol–water partition coefficient (Wildman–Crippen LogP) is 7.87. The van der Waals surface area contributed by atoms with Gasteiger partial charge in [-0.1, -0.05) is 18.2 Å². The molecule has 0 saturated carbocycles. The molecule has 0 bridgehead atoms. The molecule has 31 heavy (non-hydrogen) atoms. The van der Waals surface area contributed by atoms with Gasteiger partial charge < -0.3 is 4.90 Å². The molecule has 3 aromatic carbocycles. The van der Waals surface area contributed by atoms with Crippen molar-refractivity contribution in [1.82, 2.24) is 0 Å². The molecule has 158 valence electrons. The van der Waals surface area contributed by atoms with Gasteiger partial charge in [0.25, 0.3) is 0 Å². The van der Waals surface area contributed by atoms with E-state index in [4.69, 9.17) is 0 Å². The Morgan fingerprint density at radius 1 is 0.677 bits per heavy atom. The standard InChI is InChI=1S/C25H19F4NS/c26-17-8-15(9-18(27)12-17)21-4-3-5-22(16-10-19(28)13-20(29)11-16)25(21)30-14-31-24-7-2-1-6-23(24)30/h3-5,8-13H,1-2,6-7,14H2. The molecule has 3 aromatic rings. The minimum absolute atomic E-state index is 0.390. The van der Waals surface area contributed by atoms with Crippen LogP contribution in [0.2, 0.25) is 0 Å². The smallest absolute Gasteiger partial charge is 0.126 e. The quantitative estimate of drug-likeness (QED) is 0.381. The number of anilines is 1. The van der Waals surface area contributed by atoms with Gasteiger partial charge in [-0.3, -0.25) is 0 Å². The zero-order chi connectivity index (χ0) is 21.5. The number of nitrogens with zero attached hydrogens (tertiary/aromatic N) is 1. The molecule has 0 aromatic heterocycles. The van der Waals surface area contributed by atoms with Crippen LogP contribution in [0.3, 0.4) is 0 Å². The lowest BCUT2D eigenvalue weighted by molar-refractivity contribution is 0.583. The fraction of sp³-hybridized carbons (Fsp3) is 0.200. The first-order valence-corrected chi connectivity index (χ1v) is 11.2. The van der Waals surface area contributed by atoms with Crippen molar-refractivity contribution < 1.29 is 17.6 Å². The third-order valence-corrected chi connectivity index (χ3v) is 6.91. The molecule has 0 N–H and O–H groups in total. The topological polar surface area (TPSA) is 3.24 Å². The van der Waals surface area contributed by atoms with Gasteiger partial charge in [0.1, 0.15) is 23.3 Å². The number of allylic oxidation sites excluding steroid dienone is 2. The summed E-state index contributed by atoms with van der Waals surface area (Å²) in [6.45, 7) is 0. The van der Waals surface area contributed by atoms with Gasteiger partial charge in [-0.25, -0.2) is 17.6 Å². The molecule has 0 amide bonds. The summed E-state index contributed by atoms with van der Waals surface area (Å²) >= 11 is 1.76. The Labute approximate surface area is 182 Å². The maximum atomic E-state index is 14.1. The summed E-state index contributed by atoms with van der Waals surface area (Å²) in [5.41, 5.74) is 3.94. The summed E-state index contributed by atoms with van der Waals surface area (Å²) in [6.07, 6.45) is 4.12. The van der Waals surface area contributed by atoms with E-state index in [0.717, 1.165) is 43.5 Å². The van der Waals surface area contributed by atoms with Crippen LogP contribution in [0, 0.1) is 23.3 Å². The van der Waals surface area contributed by atoms with E-state index in [9.17, 15) is 17.6 Å². The number of thioether (sulfide) groups is 1. The highest BCUT2D eigenvalue weighted by atomic mass is 32.2. The normalized spacial score (nSPS) is 16.1. The molecule has 1 aliphatic heterocycles. The Hall–Kier alpha value is -2.73. The third kappa shape index (κ3) is 3.85. The average Bonchev–Trinajstić information content (AvgIpc) is 3.15. The van der Waals surface area contributed by atoms with Gasteiger partial charge in [-0.15, -0.1) is 11.8 Å². The maximum absolute atomic E-state index is 14.1. The summed E-state index contributed by atoms with van der Waals surface area (Å²) in [4.78, 5) is 3.47. The summed E-state index contributed by atoms with van der Waals surface area (Å²) in [7, 11) is 0. The van der Waals surface area contributed by atoms with Crippen LogP contribution in [0.1, 0.15) is 25.7 Å². The first-order chi connectivity index (χ1) is 15.0. The fourth-order valence-corrected chi connectivity index (χ4v) is 5.68. The maximum Gasteiger partial charge on any atom is 0.126 e. The second kappa shape index (κ2) is 8.08. The highest BCUT2D eigenvalue weighted by Gasteiger charge is 2.30. The van der Waals surface area contributed by atoms with E-state index in [1.165, 1.54) is 34.9 Å². The van der Waals surface area contributed by atoms with Crippen LogP contribution in [0.15, 0.2) is 65.2 Å². The minimum atomic E-state index is -0.670. The number of benzene rings is 3. The van der Waals surface area contributed by atoms with Gasteiger partial charge >= 0.3 is 0 Å². The zero-order valence-corrected chi connectivity index (χ0v) is 17.4. The van der Waals surface area contributed by atoms with Crippen molar-refractivity contribution in [2.75, 3.05) is 10.8 Å². The van der Waals surface area contributed by atoms with Crippen LogP contribution in [0.25, 0.3) is 22.3 Å². The Morgan fingerprint density at radius 3 is 1.74 bits per heavy atom. The first kappa shape index (κ1) is 20.2. The predicted molar refractivity (Wildman–Crippen MR) is 118 cm³/mol. The SMILES string of the molecule is Fc1cc(F)cc(-c2cccc(-c3cc(F)cc(F)c3)c2N2CSC3=C2CCCC3)c1. The Balaban J connectivity index is 1.77. The Morgan fingerprint density at radius 2 is 1.19 bits per heavy atom. The summed E-state index contributed by atoms with van der Waals surface area (Å²) in [5.74, 6) is -2.02. The monoisotopic (exact) mass is 441 g/mol. The van der Waals surface area contributed by atoms with Crippen molar-refractivity contribution in [1.29, 1.82) is 0 Å². The average molecular weight is 441 g/mol. The lowest BCUT2D eigenvalue weighted by atomic mass is 9.93. The molecule has 6 heteroatoms. The molecule has 0 spiro atoms. The molecule has 5 rings (SSSR count). The van der Waals surface area contributed by atoms with Gasteiger partial charge in [-0.05, 0) is 61.1 Å². The third-order valence-electron chi connectivity index (χ3n) is 5.74. The van der Waals surface area contributed by atoms with Gasteiger partial charge in [0.15, 0.2) is 0 Å². The van der Waals surface area contributed by atoms with Crippen LogP contribution in [-0.2, 0) is 0 Å². The summed E-state index contributed by atoms with van der Waals surface area (Å²) < 4.78 is 56.2. The Bertz CT molecular complexity index is 1090. The largest absolute Gasteiger partial charge is 0.333 e. The van der Waals surface area contributed by atoms with Crippen LogP contribution in [0.5, 0.6) is 0 Å². The first-order valence-electron chi connectivity index (χ1n) is 10.2. The number of rotatable bonds is 3. The van der Waals surface area contributed by atoms with Crippen LogP contribution >= 0.6 is 11.8 Å². The molecule has 0 atom stereocenters. The molecule has 0 fully saturated rings. The molecule has 0 saturated heterocycles. The molecule has 0 unspecified atom stereocenters. The van der Waals surface area contributed by atoms with Crippen molar-refractivity contribution in [2.24, 2.45) is 0 Å². The molecular formula is C25H19F4NS. The van der Waals surface area contributed by atoms with Crippen LogP contribution in [-0.4, -0.2) is 5.88 Å². The second-order valence-corrected chi connectivity index (χ2v) is 8.84. The highest BCUT2D eigenvalue weighted by Crippen LogP contribution is 2.49. The molecule has 0 radical (unpaired) electrons. The van der Waals surface area contributed by atoms with Crippen molar-refractivity contribution in [3.8, 4) is 22.3 Å². The van der Waals surface area contributed by atoms with E-state index in [1.807, 2.05) is 0 Å². The summed E-state index contributed by atoms with van der Waals surface area (Å²) in [6, 6.07) is 12.2. The van der Waals surface area contributed by atoms with Crippen molar-refractivity contribution in [3.05, 3.63) is 88.5 Å². The Kier molecular flexibility index (Phi) is 5.26. The minimum Gasteiger partial charge on any atom is -0.333 e. The summed E-state index contributed by atoms with van der Waals surface area (Å²) in [5, 5.41) is 0. The van der Waals surface area contributed by atoms with Crippen molar-refractivity contribution in [2.45, 2.75) is 25.7 Å². The van der Waals surface area contributed by atoms with E-state index in [0.29, 0.717) is 28.1 Å². The van der Waals surface area contributed by atoms with Gasteiger partial charge in [-0.2, -0.15) is 0 Å². The van der Waals surface area contributed by atoms with E-state index in [-0.39, 0.29) is 0 Å². The van der Waals surface area contributed by atoms with Crippen LogP contribution < -0.4 is 4.90 Å². The number of hydrogen-bond acceptors (Lipinski definition) is 2. The lowest BCUT2D eigenvalue weighted by Crippen LogP contribution is -2.20. The molecule has 1 nitrogen and oxygen atoms in total. The molecular weight excluding hydrogens is 422 g/mol. The molecule has 1 heterocycles. The number of hydrogen-bond donors (Lipinski definition) is 0. The van der Waals surface area contributed by atoms with E-state index in [1.54, 1.807) is 30.0 Å².